The first-order valence-corrected chi connectivity index (χ1v) is 6.78. The van der Waals surface area contributed by atoms with E-state index in [0.29, 0.717) is 22.8 Å². The Balaban J connectivity index is 1.86. The number of nitrogens with one attached hydrogen (secondary N) is 1. The smallest absolute Gasteiger partial charge is 0.274 e. The SMILES string of the molecule is COc1ccc(NC(=O)c2ccc3ccccc3n2)c(N)c1. The van der Waals surface area contributed by atoms with Gasteiger partial charge in [0.1, 0.15) is 11.4 Å². The number of nitrogen functional groups attached to an aromatic ring is 1. The molecule has 22 heavy (non-hydrogen) atoms. The molecular weight excluding hydrogens is 278 g/mol. The van der Waals surface area contributed by atoms with E-state index in [1.807, 2.05) is 30.3 Å². The van der Waals surface area contributed by atoms with Crippen LogP contribution in [0.25, 0.3) is 10.9 Å². The van der Waals surface area contributed by atoms with Crippen LogP contribution < -0.4 is 15.8 Å². The molecule has 1 heterocycles. The summed E-state index contributed by atoms with van der Waals surface area (Å²) in [4.78, 5) is 16.7. The molecular formula is C17H15N3O2. The molecule has 0 spiro atoms. The van der Waals surface area contributed by atoms with Gasteiger partial charge in [-0.05, 0) is 24.3 Å². The second kappa shape index (κ2) is 5.73. The van der Waals surface area contributed by atoms with Gasteiger partial charge in [0, 0.05) is 11.5 Å². The van der Waals surface area contributed by atoms with Crippen molar-refractivity contribution in [3.05, 3.63) is 60.3 Å². The zero-order chi connectivity index (χ0) is 15.5. The standard InChI is InChI=1S/C17H15N3O2/c1-22-12-7-9-15(13(18)10-12)20-17(21)16-8-6-11-4-2-3-5-14(11)19-16/h2-10H,18H2,1H3,(H,20,21). The van der Waals surface area contributed by atoms with Gasteiger partial charge in [0.05, 0.1) is 24.0 Å². The minimum Gasteiger partial charge on any atom is -0.497 e. The number of hydrogen-bond donors (Lipinski definition) is 2. The second-order valence-electron chi connectivity index (χ2n) is 4.80. The topological polar surface area (TPSA) is 77.2 Å². The van der Waals surface area contributed by atoms with Crippen molar-refractivity contribution >= 4 is 28.2 Å². The Morgan fingerprint density at radius 1 is 1.14 bits per heavy atom. The second-order valence-corrected chi connectivity index (χ2v) is 4.80. The van der Waals surface area contributed by atoms with Crippen molar-refractivity contribution in [1.29, 1.82) is 0 Å². The van der Waals surface area contributed by atoms with Crippen molar-refractivity contribution in [2.45, 2.75) is 0 Å². The van der Waals surface area contributed by atoms with Crippen molar-refractivity contribution in [1.82, 2.24) is 4.98 Å². The molecule has 1 amide bonds. The molecule has 3 rings (SSSR count). The molecule has 0 aliphatic rings. The molecule has 0 unspecified atom stereocenters. The zero-order valence-electron chi connectivity index (χ0n) is 12.0. The number of rotatable bonds is 3. The molecule has 0 aliphatic carbocycles. The maximum absolute atomic E-state index is 12.3. The number of aromatic nitrogens is 1. The summed E-state index contributed by atoms with van der Waals surface area (Å²) in [6.07, 6.45) is 0. The summed E-state index contributed by atoms with van der Waals surface area (Å²) >= 11 is 0. The maximum Gasteiger partial charge on any atom is 0.274 e. The minimum absolute atomic E-state index is 0.303. The van der Waals surface area contributed by atoms with E-state index >= 15 is 0 Å². The first-order chi connectivity index (χ1) is 10.7. The number of benzene rings is 2. The highest BCUT2D eigenvalue weighted by atomic mass is 16.5. The lowest BCUT2D eigenvalue weighted by Gasteiger charge is -2.09. The zero-order valence-corrected chi connectivity index (χ0v) is 12.0. The monoisotopic (exact) mass is 293 g/mol. The van der Waals surface area contributed by atoms with Gasteiger partial charge >= 0.3 is 0 Å². The van der Waals surface area contributed by atoms with Crippen LogP contribution in [0.3, 0.4) is 0 Å². The number of pyridine rings is 1. The lowest BCUT2D eigenvalue weighted by atomic mass is 10.2. The Labute approximate surface area is 127 Å². The molecule has 0 radical (unpaired) electrons. The predicted octanol–water partition coefficient (Wildman–Crippen LogP) is 3.08. The van der Waals surface area contributed by atoms with Crippen LogP contribution in [0, 0.1) is 0 Å². The van der Waals surface area contributed by atoms with Crippen molar-refractivity contribution in [2.24, 2.45) is 0 Å². The fourth-order valence-electron chi connectivity index (χ4n) is 2.16. The number of anilines is 2. The van der Waals surface area contributed by atoms with Gasteiger partial charge in [-0.15, -0.1) is 0 Å². The molecule has 0 atom stereocenters. The van der Waals surface area contributed by atoms with Gasteiger partial charge in [-0.3, -0.25) is 4.79 Å². The third-order valence-electron chi connectivity index (χ3n) is 3.34. The van der Waals surface area contributed by atoms with Crippen molar-refractivity contribution in [3.8, 4) is 5.75 Å². The highest BCUT2D eigenvalue weighted by Gasteiger charge is 2.10. The Bertz CT molecular complexity index is 846. The molecule has 110 valence electrons. The number of nitrogens with zero attached hydrogens (tertiary/aromatic N) is 1. The summed E-state index contributed by atoms with van der Waals surface area (Å²) in [5.74, 6) is 0.335. The van der Waals surface area contributed by atoms with E-state index in [-0.39, 0.29) is 5.91 Å². The highest BCUT2D eigenvalue weighted by Crippen LogP contribution is 2.24. The van der Waals surface area contributed by atoms with Gasteiger partial charge < -0.3 is 15.8 Å². The molecule has 2 aromatic carbocycles. The van der Waals surface area contributed by atoms with Crippen LogP contribution in [0.1, 0.15) is 10.5 Å². The van der Waals surface area contributed by atoms with Crippen LogP contribution in [0.5, 0.6) is 5.75 Å². The first kappa shape index (κ1) is 13.9. The third kappa shape index (κ3) is 2.69. The number of para-hydroxylation sites is 1. The molecule has 5 nitrogen and oxygen atoms in total. The lowest BCUT2D eigenvalue weighted by molar-refractivity contribution is 0.102. The number of hydrogen-bond acceptors (Lipinski definition) is 4. The Kier molecular flexibility index (Phi) is 3.62. The van der Waals surface area contributed by atoms with Crippen LogP contribution in [-0.2, 0) is 0 Å². The Morgan fingerprint density at radius 2 is 1.95 bits per heavy atom. The summed E-state index contributed by atoms with van der Waals surface area (Å²) in [5.41, 5.74) is 7.98. The highest BCUT2D eigenvalue weighted by molar-refractivity contribution is 6.05. The number of methoxy groups -OCH3 is 1. The van der Waals surface area contributed by atoms with Gasteiger partial charge in [0.15, 0.2) is 0 Å². The van der Waals surface area contributed by atoms with Crippen LogP contribution in [0.15, 0.2) is 54.6 Å². The summed E-state index contributed by atoms with van der Waals surface area (Å²) < 4.78 is 5.08. The average Bonchev–Trinajstić information content (AvgIpc) is 2.56. The lowest BCUT2D eigenvalue weighted by Crippen LogP contribution is -2.14. The number of ether oxygens (including phenoxy) is 1. The van der Waals surface area contributed by atoms with Crippen LogP contribution >= 0.6 is 0 Å². The van der Waals surface area contributed by atoms with E-state index in [0.717, 1.165) is 10.9 Å². The van der Waals surface area contributed by atoms with E-state index in [1.54, 1.807) is 31.4 Å². The van der Waals surface area contributed by atoms with E-state index < -0.39 is 0 Å². The van der Waals surface area contributed by atoms with Gasteiger partial charge in [0.2, 0.25) is 0 Å². The molecule has 3 aromatic rings. The summed E-state index contributed by atoms with van der Waals surface area (Å²) in [6.45, 7) is 0. The average molecular weight is 293 g/mol. The van der Waals surface area contributed by atoms with Gasteiger partial charge in [-0.2, -0.15) is 0 Å². The largest absolute Gasteiger partial charge is 0.497 e. The summed E-state index contributed by atoms with van der Waals surface area (Å²) in [7, 11) is 1.56. The minimum atomic E-state index is -0.303. The number of amides is 1. The Hall–Kier alpha value is -3.08. The molecule has 5 heteroatoms. The number of fused-ring (bicyclic) bond motifs is 1. The van der Waals surface area contributed by atoms with E-state index in [9.17, 15) is 4.79 Å². The fraction of sp³-hybridized carbons (Fsp3) is 0.0588. The van der Waals surface area contributed by atoms with Gasteiger partial charge in [-0.1, -0.05) is 24.3 Å². The number of carbonyl (C=O) groups excluding carboxylic acids is 1. The predicted molar refractivity (Wildman–Crippen MR) is 87.1 cm³/mol. The maximum atomic E-state index is 12.3. The molecule has 0 aliphatic heterocycles. The fourth-order valence-corrected chi connectivity index (χ4v) is 2.16. The summed E-state index contributed by atoms with van der Waals surface area (Å²) in [5, 5.41) is 3.75. The molecule has 3 N–H and O–H groups in total. The van der Waals surface area contributed by atoms with Gasteiger partial charge in [-0.25, -0.2) is 4.98 Å². The molecule has 0 fully saturated rings. The quantitative estimate of drug-likeness (QED) is 0.727. The van der Waals surface area contributed by atoms with E-state index in [2.05, 4.69) is 10.3 Å². The van der Waals surface area contributed by atoms with E-state index in [4.69, 9.17) is 10.5 Å². The molecule has 1 aromatic heterocycles. The molecule has 0 bridgehead atoms. The van der Waals surface area contributed by atoms with Crippen molar-refractivity contribution in [3.63, 3.8) is 0 Å². The van der Waals surface area contributed by atoms with Crippen molar-refractivity contribution in [2.75, 3.05) is 18.2 Å². The number of carbonyl (C=O) groups is 1. The first-order valence-electron chi connectivity index (χ1n) is 6.78. The van der Waals surface area contributed by atoms with Crippen LogP contribution in [-0.4, -0.2) is 18.0 Å². The normalized spacial score (nSPS) is 10.4. The Morgan fingerprint density at radius 3 is 2.73 bits per heavy atom. The molecule has 0 saturated heterocycles. The van der Waals surface area contributed by atoms with Crippen LogP contribution in [0.2, 0.25) is 0 Å². The summed E-state index contributed by atoms with van der Waals surface area (Å²) in [6, 6.07) is 16.3. The van der Waals surface area contributed by atoms with Crippen molar-refractivity contribution < 1.29 is 9.53 Å². The third-order valence-corrected chi connectivity index (χ3v) is 3.34. The van der Waals surface area contributed by atoms with Gasteiger partial charge in [0.25, 0.3) is 5.91 Å². The number of nitrogens with two attached hydrogens (primary N) is 1. The van der Waals surface area contributed by atoms with Crippen LogP contribution in [0.4, 0.5) is 11.4 Å². The van der Waals surface area contributed by atoms with E-state index in [1.165, 1.54) is 0 Å². The molecule has 0 saturated carbocycles.